The summed E-state index contributed by atoms with van der Waals surface area (Å²) in [6, 6.07) is 12.7. The summed E-state index contributed by atoms with van der Waals surface area (Å²) >= 11 is 0. The maximum absolute atomic E-state index is 13.0. The van der Waals surface area contributed by atoms with E-state index in [1.54, 1.807) is 36.4 Å². The molecule has 3 aromatic rings. The minimum absolute atomic E-state index is 0.111. The Morgan fingerprint density at radius 3 is 2.68 bits per heavy atom. The number of carbonyl (C=O) groups is 1. The van der Waals surface area contributed by atoms with Gasteiger partial charge in [-0.05, 0) is 43.3 Å². The Bertz CT molecular complexity index is 858. The minimum atomic E-state index is -0.523. The molecule has 0 saturated heterocycles. The van der Waals surface area contributed by atoms with Gasteiger partial charge in [-0.2, -0.15) is 0 Å². The molecule has 2 aromatic carbocycles. The molecule has 6 heteroatoms. The van der Waals surface area contributed by atoms with Crippen LogP contribution in [0.2, 0.25) is 0 Å². The monoisotopic (exact) mass is 341 g/mol. The van der Waals surface area contributed by atoms with E-state index in [0.717, 1.165) is 0 Å². The smallest absolute Gasteiger partial charge is 0.342 e. The summed E-state index contributed by atoms with van der Waals surface area (Å²) in [6.45, 7) is 2.18. The third kappa shape index (κ3) is 4.03. The van der Waals surface area contributed by atoms with Gasteiger partial charge in [0.05, 0.1) is 12.8 Å². The molecule has 0 N–H and O–H groups in total. The van der Waals surface area contributed by atoms with E-state index >= 15 is 0 Å². The number of benzene rings is 2. The summed E-state index contributed by atoms with van der Waals surface area (Å²) in [5.41, 5.74) is 1.03. The van der Waals surface area contributed by atoms with Crippen LogP contribution in [-0.2, 0) is 11.3 Å². The molecule has 0 aliphatic rings. The zero-order chi connectivity index (χ0) is 17.6. The van der Waals surface area contributed by atoms with Gasteiger partial charge >= 0.3 is 5.97 Å². The first-order valence-electron chi connectivity index (χ1n) is 7.77. The Hall–Kier alpha value is -3.15. The van der Waals surface area contributed by atoms with Crippen molar-refractivity contribution in [1.29, 1.82) is 0 Å². The van der Waals surface area contributed by atoms with Crippen LogP contribution in [0, 0.1) is 5.82 Å². The summed E-state index contributed by atoms with van der Waals surface area (Å²) in [6.07, 6.45) is 1.50. The predicted octanol–water partition coefficient (Wildman–Crippen LogP) is 4.24. The predicted molar refractivity (Wildman–Crippen MR) is 88.6 cm³/mol. The zero-order valence-electron chi connectivity index (χ0n) is 13.6. The van der Waals surface area contributed by atoms with Gasteiger partial charge in [0, 0.05) is 5.56 Å². The molecule has 3 rings (SSSR count). The molecule has 25 heavy (non-hydrogen) atoms. The molecule has 0 aliphatic heterocycles. The second-order valence-corrected chi connectivity index (χ2v) is 5.13. The molecular formula is C19H16FNO4. The average molecular weight is 341 g/mol. The van der Waals surface area contributed by atoms with Crippen molar-refractivity contribution in [3.05, 3.63) is 72.0 Å². The molecule has 0 bridgehead atoms. The number of aromatic nitrogens is 1. The molecule has 0 atom stereocenters. The van der Waals surface area contributed by atoms with Crippen molar-refractivity contribution in [2.45, 2.75) is 13.5 Å². The molecular weight excluding hydrogens is 325 g/mol. The van der Waals surface area contributed by atoms with Crippen molar-refractivity contribution in [3.8, 4) is 17.1 Å². The first-order chi connectivity index (χ1) is 12.2. The van der Waals surface area contributed by atoms with Crippen molar-refractivity contribution in [1.82, 2.24) is 4.98 Å². The van der Waals surface area contributed by atoms with E-state index in [1.807, 2.05) is 6.92 Å². The standard InChI is InChI=1S/C19H16FNO4/c1-2-23-16-6-4-3-5-15(16)19(22)24-12-18-21-11-17(25-18)13-7-9-14(20)10-8-13/h3-11H,2,12H2,1H3. The number of halogens is 1. The van der Waals surface area contributed by atoms with E-state index in [-0.39, 0.29) is 18.3 Å². The lowest BCUT2D eigenvalue weighted by Crippen LogP contribution is -2.08. The molecule has 128 valence electrons. The number of rotatable bonds is 6. The van der Waals surface area contributed by atoms with E-state index in [4.69, 9.17) is 13.9 Å². The third-order valence-corrected chi connectivity index (χ3v) is 3.42. The largest absolute Gasteiger partial charge is 0.493 e. The van der Waals surface area contributed by atoms with Gasteiger partial charge in [0.1, 0.15) is 17.1 Å². The number of oxazole rings is 1. The average Bonchev–Trinajstić information content (AvgIpc) is 3.10. The van der Waals surface area contributed by atoms with E-state index in [1.165, 1.54) is 18.3 Å². The van der Waals surface area contributed by atoms with Gasteiger partial charge in [0.15, 0.2) is 12.4 Å². The van der Waals surface area contributed by atoms with Gasteiger partial charge < -0.3 is 13.9 Å². The van der Waals surface area contributed by atoms with Crippen LogP contribution in [0.4, 0.5) is 4.39 Å². The molecule has 0 amide bonds. The Balaban J connectivity index is 1.66. The lowest BCUT2D eigenvalue weighted by atomic mass is 10.2. The van der Waals surface area contributed by atoms with Gasteiger partial charge in [-0.3, -0.25) is 0 Å². The molecule has 0 fully saturated rings. The highest BCUT2D eigenvalue weighted by Crippen LogP contribution is 2.22. The first-order valence-corrected chi connectivity index (χ1v) is 7.77. The highest BCUT2D eigenvalue weighted by molar-refractivity contribution is 5.92. The number of esters is 1. The SMILES string of the molecule is CCOc1ccccc1C(=O)OCc1ncc(-c2ccc(F)cc2)o1. The minimum Gasteiger partial charge on any atom is -0.493 e. The van der Waals surface area contributed by atoms with Crippen LogP contribution < -0.4 is 4.74 Å². The van der Waals surface area contributed by atoms with E-state index in [2.05, 4.69) is 4.98 Å². The molecule has 0 aliphatic carbocycles. The maximum Gasteiger partial charge on any atom is 0.342 e. The zero-order valence-corrected chi connectivity index (χ0v) is 13.6. The summed E-state index contributed by atoms with van der Waals surface area (Å²) < 4.78 is 29.1. The topological polar surface area (TPSA) is 61.6 Å². The Morgan fingerprint density at radius 1 is 1.16 bits per heavy atom. The maximum atomic E-state index is 13.0. The van der Waals surface area contributed by atoms with Crippen molar-refractivity contribution in [3.63, 3.8) is 0 Å². The highest BCUT2D eigenvalue weighted by atomic mass is 19.1. The number of ether oxygens (including phenoxy) is 2. The molecule has 0 saturated carbocycles. The lowest BCUT2D eigenvalue weighted by molar-refractivity contribution is 0.0434. The van der Waals surface area contributed by atoms with E-state index in [9.17, 15) is 9.18 Å². The number of para-hydroxylation sites is 1. The lowest BCUT2D eigenvalue weighted by Gasteiger charge is -2.08. The molecule has 0 spiro atoms. The van der Waals surface area contributed by atoms with Crippen LogP contribution >= 0.6 is 0 Å². The van der Waals surface area contributed by atoms with Gasteiger partial charge in [-0.1, -0.05) is 12.1 Å². The van der Waals surface area contributed by atoms with Crippen LogP contribution in [-0.4, -0.2) is 17.6 Å². The second kappa shape index (κ2) is 7.61. The summed E-state index contributed by atoms with van der Waals surface area (Å²) in [7, 11) is 0. The quantitative estimate of drug-likeness (QED) is 0.628. The van der Waals surface area contributed by atoms with Crippen LogP contribution in [0.5, 0.6) is 5.75 Å². The Labute approximate surface area is 144 Å². The van der Waals surface area contributed by atoms with Crippen molar-refractivity contribution >= 4 is 5.97 Å². The number of nitrogens with zero attached hydrogens (tertiary/aromatic N) is 1. The van der Waals surface area contributed by atoms with Gasteiger partial charge in [0.2, 0.25) is 5.89 Å². The fourth-order valence-electron chi connectivity index (χ4n) is 2.25. The van der Waals surface area contributed by atoms with Crippen LogP contribution in [0.3, 0.4) is 0 Å². The van der Waals surface area contributed by atoms with Crippen molar-refractivity contribution < 1.29 is 23.1 Å². The normalized spacial score (nSPS) is 10.5. The third-order valence-electron chi connectivity index (χ3n) is 3.42. The van der Waals surface area contributed by atoms with Crippen LogP contribution in [0.15, 0.2) is 59.1 Å². The van der Waals surface area contributed by atoms with E-state index < -0.39 is 5.97 Å². The number of carbonyl (C=O) groups excluding carboxylic acids is 1. The second-order valence-electron chi connectivity index (χ2n) is 5.13. The molecule has 1 heterocycles. The van der Waals surface area contributed by atoms with Crippen molar-refractivity contribution in [2.75, 3.05) is 6.61 Å². The number of hydrogen-bond acceptors (Lipinski definition) is 5. The fraction of sp³-hybridized carbons (Fsp3) is 0.158. The number of hydrogen-bond donors (Lipinski definition) is 0. The summed E-state index contributed by atoms with van der Waals surface area (Å²) in [4.78, 5) is 16.3. The van der Waals surface area contributed by atoms with E-state index in [0.29, 0.717) is 29.2 Å². The highest BCUT2D eigenvalue weighted by Gasteiger charge is 2.15. The molecule has 0 unspecified atom stereocenters. The Kier molecular flexibility index (Phi) is 5.09. The fourth-order valence-corrected chi connectivity index (χ4v) is 2.25. The summed E-state index contributed by atoms with van der Waals surface area (Å²) in [5.74, 6) is 0.340. The molecule has 0 radical (unpaired) electrons. The Morgan fingerprint density at radius 2 is 1.92 bits per heavy atom. The summed E-state index contributed by atoms with van der Waals surface area (Å²) in [5, 5.41) is 0. The molecule has 1 aromatic heterocycles. The van der Waals surface area contributed by atoms with Crippen LogP contribution in [0.25, 0.3) is 11.3 Å². The van der Waals surface area contributed by atoms with Gasteiger partial charge in [-0.25, -0.2) is 14.2 Å². The van der Waals surface area contributed by atoms with Crippen molar-refractivity contribution in [2.24, 2.45) is 0 Å². The molecule has 5 nitrogen and oxygen atoms in total. The van der Waals surface area contributed by atoms with Crippen LogP contribution in [0.1, 0.15) is 23.2 Å². The van der Waals surface area contributed by atoms with Gasteiger partial charge in [-0.15, -0.1) is 0 Å². The van der Waals surface area contributed by atoms with Gasteiger partial charge in [0.25, 0.3) is 0 Å². The first kappa shape index (κ1) is 16.7.